The van der Waals surface area contributed by atoms with Crippen LogP contribution >= 0.6 is 0 Å². The summed E-state index contributed by atoms with van der Waals surface area (Å²) in [6, 6.07) is 20.4. The van der Waals surface area contributed by atoms with E-state index in [4.69, 9.17) is 9.47 Å². The molecule has 0 aliphatic carbocycles. The van der Waals surface area contributed by atoms with E-state index in [0.29, 0.717) is 19.4 Å². The molecule has 4 heteroatoms. The molecule has 28 heavy (non-hydrogen) atoms. The number of amides is 1. The van der Waals surface area contributed by atoms with Crippen LogP contribution in [0.1, 0.15) is 17.5 Å². The van der Waals surface area contributed by atoms with Gasteiger partial charge in [0, 0.05) is 26.1 Å². The monoisotopic (exact) mass is 377 g/mol. The Hall–Kier alpha value is -3.01. The Morgan fingerprint density at radius 3 is 2.29 bits per heavy atom. The maximum absolute atomic E-state index is 12.6. The van der Waals surface area contributed by atoms with Gasteiger partial charge in [0.2, 0.25) is 5.91 Å². The number of aryl methyl sites for hydroxylation is 1. The van der Waals surface area contributed by atoms with E-state index in [2.05, 4.69) is 42.5 Å². The molecule has 0 spiro atoms. The van der Waals surface area contributed by atoms with Gasteiger partial charge >= 0.3 is 0 Å². The molecule has 0 saturated heterocycles. The molecule has 0 N–H and O–H groups in total. The standard InChI is InChI=1S/C24H27NO3/c1-25(14-13-20-9-6-8-19-7-4-5-10-23(19)20)24(26)12-11-18-15-21(27-2)17-22(16-18)28-3/h4-10,15-17H,11-14H2,1-3H3. The van der Waals surface area contributed by atoms with Crippen molar-refractivity contribution >= 4 is 16.7 Å². The third-order valence-corrected chi connectivity index (χ3v) is 5.06. The van der Waals surface area contributed by atoms with Crippen molar-refractivity contribution in [3.63, 3.8) is 0 Å². The molecule has 0 radical (unpaired) electrons. The van der Waals surface area contributed by atoms with E-state index in [9.17, 15) is 4.79 Å². The Kier molecular flexibility index (Phi) is 6.53. The minimum atomic E-state index is 0.141. The molecule has 3 aromatic rings. The van der Waals surface area contributed by atoms with Gasteiger partial charge in [-0.25, -0.2) is 0 Å². The highest BCUT2D eigenvalue weighted by molar-refractivity contribution is 5.85. The zero-order valence-electron chi connectivity index (χ0n) is 16.8. The SMILES string of the molecule is COc1cc(CCC(=O)N(C)CCc2cccc3ccccc23)cc(OC)c1. The zero-order valence-corrected chi connectivity index (χ0v) is 16.8. The highest BCUT2D eigenvalue weighted by Gasteiger charge is 2.11. The van der Waals surface area contributed by atoms with Crippen molar-refractivity contribution in [2.45, 2.75) is 19.3 Å². The van der Waals surface area contributed by atoms with E-state index >= 15 is 0 Å². The summed E-state index contributed by atoms with van der Waals surface area (Å²) in [4.78, 5) is 14.4. The van der Waals surface area contributed by atoms with Crippen LogP contribution in [-0.4, -0.2) is 38.6 Å². The second-order valence-corrected chi connectivity index (χ2v) is 6.92. The van der Waals surface area contributed by atoms with Crippen molar-refractivity contribution in [3.8, 4) is 11.5 Å². The minimum Gasteiger partial charge on any atom is -0.497 e. The molecular formula is C24H27NO3. The molecule has 0 bridgehead atoms. The summed E-state index contributed by atoms with van der Waals surface area (Å²) >= 11 is 0. The number of rotatable bonds is 8. The lowest BCUT2D eigenvalue weighted by atomic mass is 10.0. The van der Waals surface area contributed by atoms with Gasteiger partial charge in [0.1, 0.15) is 11.5 Å². The Balaban J connectivity index is 1.58. The Bertz CT molecular complexity index is 924. The summed E-state index contributed by atoms with van der Waals surface area (Å²) in [7, 11) is 5.13. The van der Waals surface area contributed by atoms with Crippen LogP contribution in [0.2, 0.25) is 0 Å². The molecule has 0 atom stereocenters. The first kappa shape index (κ1) is 19.7. The van der Waals surface area contributed by atoms with Crippen LogP contribution in [-0.2, 0) is 17.6 Å². The summed E-state index contributed by atoms with van der Waals surface area (Å²) in [6.45, 7) is 0.703. The number of likely N-dealkylation sites (N-methyl/N-ethyl adjacent to an activating group) is 1. The Morgan fingerprint density at radius 1 is 0.893 bits per heavy atom. The number of methoxy groups -OCH3 is 2. The maximum Gasteiger partial charge on any atom is 0.222 e. The third-order valence-electron chi connectivity index (χ3n) is 5.06. The molecule has 3 aromatic carbocycles. The predicted octanol–water partition coefficient (Wildman–Crippen LogP) is 4.49. The van der Waals surface area contributed by atoms with Crippen molar-refractivity contribution in [2.75, 3.05) is 27.8 Å². The number of ether oxygens (including phenoxy) is 2. The zero-order chi connectivity index (χ0) is 19.9. The van der Waals surface area contributed by atoms with Gasteiger partial charge in [-0.3, -0.25) is 4.79 Å². The summed E-state index contributed by atoms with van der Waals surface area (Å²) < 4.78 is 10.6. The molecule has 0 saturated carbocycles. The molecule has 0 aliphatic rings. The molecule has 0 aromatic heterocycles. The molecular weight excluding hydrogens is 350 g/mol. The first-order valence-electron chi connectivity index (χ1n) is 9.53. The van der Waals surface area contributed by atoms with Crippen molar-refractivity contribution in [1.82, 2.24) is 4.90 Å². The topological polar surface area (TPSA) is 38.8 Å². The third kappa shape index (κ3) is 4.83. The van der Waals surface area contributed by atoms with Gasteiger partial charge in [0.05, 0.1) is 14.2 Å². The molecule has 0 unspecified atom stereocenters. The van der Waals surface area contributed by atoms with Gasteiger partial charge in [-0.15, -0.1) is 0 Å². The number of carbonyl (C=O) groups is 1. The summed E-state index contributed by atoms with van der Waals surface area (Å²) in [5, 5.41) is 2.50. The summed E-state index contributed by atoms with van der Waals surface area (Å²) in [5.41, 5.74) is 2.31. The fourth-order valence-corrected chi connectivity index (χ4v) is 3.38. The van der Waals surface area contributed by atoms with Crippen LogP contribution < -0.4 is 9.47 Å². The first-order chi connectivity index (χ1) is 13.6. The molecule has 0 fully saturated rings. The molecule has 0 aliphatic heterocycles. The first-order valence-corrected chi connectivity index (χ1v) is 9.53. The molecule has 1 amide bonds. The smallest absolute Gasteiger partial charge is 0.222 e. The van der Waals surface area contributed by atoms with Crippen LogP contribution in [0.25, 0.3) is 10.8 Å². The second kappa shape index (κ2) is 9.27. The van der Waals surface area contributed by atoms with Gasteiger partial charge in [0.15, 0.2) is 0 Å². The van der Waals surface area contributed by atoms with Crippen LogP contribution in [0, 0.1) is 0 Å². The maximum atomic E-state index is 12.6. The van der Waals surface area contributed by atoms with E-state index in [-0.39, 0.29) is 5.91 Å². The molecule has 146 valence electrons. The van der Waals surface area contributed by atoms with Crippen LogP contribution in [0.4, 0.5) is 0 Å². The molecule has 4 nitrogen and oxygen atoms in total. The number of benzene rings is 3. The van der Waals surface area contributed by atoms with Gasteiger partial charge in [-0.2, -0.15) is 0 Å². The lowest BCUT2D eigenvalue weighted by molar-refractivity contribution is -0.129. The highest BCUT2D eigenvalue weighted by atomic mass is 16.5. The van der Waals surface area contributed by atoms with Crippen LogP contribution in [0.5, 0.6) is 11.5 Å². The van der Waals surface area contributed by atoms with E-state index in [1.807, 2.05) is 30.1 Å². The number of nitrogens with zero attached hydrogens (tertiary/aromatic N) is 1. The van der Waals surface area contributed by atoms with Gasteiger partial charge in [-0.05, 0) is 46.9 Å². The minimum absolute atomic E-state index is 0.141. The van der Waals surface area contributed by atoms with Crippen molar-refractivity contribution in [1.29, 1.82) is 0 Å². The van der Waals surface area contributed by atoms with Gasteiger partial charge < -0.3 is 14.4 Å². The fourth-order valence-electron chi connectivity index (χ4n) is 3.38. The number of fused-ring (bicyclic) bond motifs is 1. The predicted molar refractivity (Wildman–Crippen MR) is 113 cm³/mol. The van der Waals surface area contributed by atoms with E-state index in [0.717, 1.165) is 23.5 Å². The Labute approximate surface area is 166 Å². The van der Waals surface area contributed by atoms with Crippen LogP contribution in [0.3, 0.4) is 0 Å². The van der Waals surface area contributed by atoms with Crippen molar-refractivity contribution < 1.29 is 14.3 Å². The second-order valence-electron chi connectivity index (χ2n) is 6.92. The molecule has 0 heterocycles. The van der Waals surface area contributed by atoms with Gasteiger partial charge in [0.25, 0.3) is 0 Å². The average molecular weight is 377 g/mol. The molecule has 3 rings (SSSR count). The number of hydrogen-bond acceptors (Lipinski definition) is 3. The normalized spacial score (nSPS) is 10.7. The summed E-state index contributed by atoms with van der Waals surface area (Å²) in [5.74, 6) is 1.62. The van der Waals surface area contributed by atoms with E-state index in [1.54, 1.807) is 14.2 Å². The average Bonchev–Trinajstić information content (AvgIpc) is 2.75. The lowest BCUT2D eigenvalue weighted by Gasteiger charge is -2.18. The fraction of sp³-hybridized carbons (Fsp3) is 0.292. The van der Waals surface area contributed by atoms with Gasteiger partial charge in [-0.1, -0.05) is 42.5 Å². The van der Waals surface area contributed by atoms with Crippen LogP contribution in [0.15, 0.2) is 60.7 Å². The largest absolute Gasteiger partial charge is 0.497 e. The number of carbonyl (C=O) groups excluding carboxylic acids is 1. The quantitative estimate of drug-likeness (QED) is 0.581. The highest BCUT2D eigenvalue weighted by Crippen LogP contribution is 2.23. The Morgan fingerprint density at radius 2 is 1.57 bits per heavy atom. The van der Waals surface area contributed by atoms with Crippen molar-refractivity contribution in [3.05, 3.63) is 71.8 Å². The van der Waals surface area contributed by atoms with E-state index in [1.165, 1.54) is 16.3 Å². The lowest BCUT2D eigenvalue weighted by Crippen LogP contribution is -2.29. The summed E-state index contributed by atoms with van der Waals surface area (Å²) in [6.07, 6.45) is 1.96. The number of hydrogen-bond donors (Lipinski definition) is 0. The van der Waals surface area contributed by atoms with Crippen molar-refractivity contribution in [2.24, 2.45) is 0 Å². The van der Waals surface area contributed by atoms with E-state index < -0.39 is 0 Å².